The van der Waals surface area contributed by atoms with Crippen LogP contribution in [-0.4, -0.2) is 49.2 Å². The van der Waals surface area contributed by atoms with Gasteiger partial charge in [0.15, 0.2) is 0 Å². The zero-order chi connectivity index (χ0) is 22.7. The molecule has 0 aliphatic heterocycles. The molecule has 0 aromatic heterocycles. The van der Waals surface area contributed by atoms with E-state index in [1.165, 1.54) is 52.4 Å². The van der Waals surface area contributed by atoms with Gasteiger partial charge in [-0.25, -0.2) is 0 Å². The van der Waals surface area contributed by atoms with E-state index >= 15 is 0 Å². The molecule has 0 aliphatic carbocycles. The van der Waals surface area contributed by atoms with Gasteiger partial charge in [0.2, 0.25) is 0 Å². The molecule has 29 heavy (non-hydrogen) atoms. The van der Waals surface area contributed by atoms with Crippen LogP contribution in [0.15, 0.2) is 0 Å². The van der Waals surface area contributed by atoms with Gasteiger partial charge in [0.1, 0.15) is 0 Å². The van der Waals surface area contributed by atoms with E-state index in [1.54, 1.807) is 0 Å². The van der Waals surface area contributed by atoms with E-state index in [0.717, 1.165) is 39.3 Å². The molecule has 0 aliphatic rings. The second-order valence-corrected chi connectivity index (χ2v) is 43.0. The number of hydrogen-bond donors (Lipinski definition) is 1. The quantitative estimate of drug-likeness (QED) is 0.187. The first-order valence-corrected chi connectivity index (χ1v) is 26.1. The Balaban J connectivity index is 7.98. The standard InChI is InChI=1S/3C4H10N.3C4H9.H2N.Ta/c3*1-3-5-4-2;3*1-3-4-2;;/h3*3-4H2,1-2H3;3*1,3-4H2,2H3;1H2;/q3*-1;;;;-1;+4. The molecule has 4 nitrogen and oxygen atoms in total. The predicted octanol–water partition coefficient (Wildman–Crippen LogP) is 7.05. The van der Waals surface area contributed by atoms with Crippen LogP contribution in [0.25, 0.3) is 0 Å². The molecule has 0 saturated heterocycles. The van der Waals surface area contributed by atoms with Gasteiger partial charge in [0, 0.05) is 0 Å². The maximum absolute atomic E-state index is 8.80. The van der Waals surface area contributed by atoms with E-state index in [2.05, 4.69) is 72.2 Å². The Morgan fingerprint density at radius 2 is 0.655 bits per heavy atom. The molecule has 180 valence electrons. The molecule has 0 spiro atoms. The van der Waals surface area contributed by atoms with Crippen LogP contribution in [0.3, 0.4) is 0 Å². The summed E-state index contributed by atoms with van der Waals surface area (Å²) in [7, 11) is 0. The Kier molecular flexibility index (Phi) is 10.7. The monoisotopic (exact) mass is 584 g/mol. The minimum atomic E-state index is -5.41. The van der Waals surface area contributed by atoms with E-state index in [4.69, 9.17) is 4.14 Å². The molecular weight excluding hydrogens is 525 g/mol. The van der Waals surface area contributed by atoms with Crippen LogP contribution < -0.4 is 4.14 Å². The summed E-state index contributed by atoms with van der Waals surface area (Å²) in [4.78, 5) is 0. The van der Waals surface area contributed by atoms with Crippen molar-refractivity contribution >= 4 is 0 Å². The molecule has 0 atom stereocenters. The third-order valence-corrected chi connectivity index (χ3v) is 56.5. The van der Waals surface area contributed by atoms with Crippen molar-refractivity contribution < 1.29 is 14.2 Å². The molecule has 0 unspecified atom stereocenters. The zero-order valence-corrected chi connectivity index (χ0v) is 25.2. The molecule has 0 aromatic rings. The van der Waals surface area contributed by atoms with Crippen LogP contribution >= 0.6 is 0 Å². The fourth-order valence-corrected chi connectivity index (χ4v) is 60.0. The van der Waals surface area contributed by atoms with Gasteiger partial charge in [-0.2, -0.15) is 0 Å². The topological polar surface area (TPSA) is 35.7 Å². The Labute approximate surface area is 182 Å². The van der Waals surface area contributed by atoms with Gasteiger partial charge in [-0.3, -0.25) is 0 Å². The first kappa shape index (κ1) is 29.6. The van der Waals surface area contributed by atoms with Crippen molar-refractivity contribution in [2.75, 3.05) is 39.3 Å². The predicted molar refractivity (Wildman–Crippen MR) is 132 cm³/mol. The van der Waals surface area contributed by atoms with Crippen molar-refractivity contribution in [2.45, 2.75) is 115 Å². The number of rotatable bonds is 18. The second-order valence-electron chi connectivity index (χ2n) is 9.75. The third-order valence-electron chi connectivity index (χ3n) is 9.01. The number of nitrogens with zero attached hydrogens (tertiary/aromatic N) is 3. The van der Waals surface area contributed by atoms with Crippen LogP contribution in [0.5, 0.6) is 0 Å². The van der Waals surface area contributed by atoms with Gasteiger partial charge >= 0.3 is 182 Å². The molecule has 0 radical (unpaired) electrons. The Hall–Kier alpha value is 0.580. The first-order chi connectivity index (χ1) is 13.6. The molecule has 0 fully saturated rings. The van der Waals surface area contributed by atoms with E-state index < -0.39 is 14.2 Å². The summed E-state index contributed by atoms with van der Waals surface area (Å²) in [6.45, 7) is 27.6. The third kappa shape index (κ3) is 3.83. The van der Waals surface area contributed by atoms with Crippen LogP contribution in [0, 0.1) is 0 Å². The average molecular weight is 585 g/mol. The Bertz CT molecular complexity index is 420. The van der Waals surface area contributed by atoms with Crippen LogP contribution in [-0.2, 0) is 14.2 Å². The minimum absolute atomic E-state index is 1.06. The SMILES string of the molecule is CCC[CH2][Ta]([NH2])([CH2]CCC)([CH2]CCC)([N](CC)CC)([N](CC)CC)[N](CC)CC. The number of hydrogen-bond acceptors (Lipinski definition) is 4. The van der Waals surface area contributed by atoms with E-state index in [1.807, 2.05) is 0 Å². The van der Waals surface area contributed by atoms with Crippen LogP contribution in [0.1, 0.15) is 101 Å². The average Bonchev–Trinajstić information content (AvgIpc) is 2.73. The molecule has 5 heteroatoms. The van der Waals surface area contributed by atoms with Gasteiger partial charge in [-0.05, 0) is 0 Å². The van der Waals surface area contributed by atoms with Crippen molar-refractivity contribution in [2.24, 2.45) is 4.14 Å². The number of nitrogens with two attached hydrogens (primary N) is 1. The summed E-state index contributed by atoms with van der Waals surface area (Å²) in [6, 6.07) is 0. The Morgan fingerprint density at radius 1 is 0.448 bits per heavy atom. The van der Waals surface area contributed by atoms with Crippen molar-refractivity contribution in [1.82, 2.24) is 9.91 Å². The summed E-state index contributed by atoms with van der Waals surface area (Å²) in [6.07, 6.45) is 7.35. The summed E-state index contributed by atoms with van der Waals surface area (Å²) in [5.41, 5.74) is 0. The summed E-state index contributed by atoms with van der Waals surface area (Å²) in [5, 5.41) is 0. The van der Waals surface area contributed by atoms with E-state index in [9.17, 15) is 0 Å². The van der Waals surface area contributed by atoms with Gasteiger partial charge in [-0.1, -0.05) is 0 Å². The molecule has 0 bridgehead atoms. The summed E-state index contributed by atoms with van der Waals surface area (Å²) < 4.78 is 21.1. The normalized spacial score (nSPS) is 16.8. The zero-order valence-electron chi connectivity index (χ0n) is 22.0. The van der Waals surface area contributed by atoms with Crippen molar-refractivity contribution in [1.29, 1.82) is 0 Å². The van der Waals surface area contributed by atoms with Gasteiger partial charge in [0.05, 0.1) is 0 Å². The van der Waals surface area contributed by atoms with Crippen molar-refractivity contribution in [3.05, 3.63) is 0 Å². The molecule has 0 amide bonds. The van der Waals surface area contributed by atoms with Gasteiger partial charge in [-0.15, -0.1) is 0 Å². The van der Waals surface area contributed by atoms with Crippen molar-refractivity contribution in [3.63, 3.8) is 0 Å². The van der Waals surface area contributed by atoms with Crippen molar-refractivity contribution in [3.8, 4) is 0 Å². The van der Waals surface area contributed by atoms with Gasteiger partial charge in [0.25, 0.3) is 0 Å². The van der Waals surface area contributed by atoms with Crippen LogP contribution in [0.2, 0.25) is 13.9 Å². The molecule has 0 rings (SSSR count). The van der Waals surface area contributed by atoms with Crippen LogP contribution in [0.4, 0.5) is 0 Å². The molecule has 0 aromatic carbocycles. The second kappa shape index (κ2) is 10.5. The maximum atomic E-state index is 8.80. The Morgan fingerprint density at radius 3 is 0.793 bits per heavy atom. The molecule has 2 N–H and O–H groups in total. The first-order valence-electron chi connectivity index (χ1n) is 13.1. The number of unbranched alkanes of at least 4 members (excludes halogenated alkanes) is 3. The summed E-state index contributed by atoms with van der Waals surface area (Å²) in [5.74, 6) is 0. The molecule has 0 saturated carbocycles. The summed E-state index contributed by atoms with van der Waals surface area (Å²) >= 11 is -5.41. The van der Waals surface area contributed by atoms with Gasteiger partial charge < -0.3 is 0 Å². The fourth-order valence-electron chi connectivity index (χ4n) is 7.92. The molecule has 0 heterocycles. The fraction of sp³-hybridized carbons (Fsp3) is 1.00. The molecular formula is C24H59N4Ta. The van der Waals surface area contributed by atoms with E-state index in [-0.39, 0.29) is 0 Å². The van der Waals surface area contributed by atoms with E-state index in [0.29, 0.717) is 0 Å².